The van der Waals surface area contributed by atoms with Gasteiger partial charge in [-0.15, -0.1) is 0 Å². The van der Waals surface area contributed by atoms with Crippen LogP contribution in [0.25, 0.3) is 11.0 Å². The van der Waals surface area contributed by atoms with Gasteiger partial charge in [-0.1, -0.05) is 40.2 Å². The van der Waals surface area contributed by atoms with E-state index in [0.29, 0.717) is 16.7 Å². The Morgan fingerprint density at radius 3 is 2.70 bits per heavy atom. The van der Waals surface area contributed by atoms with Crippen LogP contribution in [0.15, 0.2) is 51.4 Å². The zero-order chi connectivity index (χ0) is 14.3. The molecule has 2 nitrogen and oxygen atoms in total. The lowest BCUT2D eigenvalue weighted by Gasteiger charge is -2.10. The Balaban J connectivity index is 2.08. The number of benzene rings is 2. The summed E-state index contributed by atoms with van der Waals surface area (Å²) in [7, 11) is 0. The Kier molecular flexibility index (Phi) is 3.36. The summed E-state index contributed by atoms with van der Waals surface area (Å²) in [6.45, 7) is 1.97. The van der Waals surface area contributed by atoms with Crippen LogP contribution in [0.4, 0.5) is 4.39 Å². The van der Waals surface area contributed by atoms with E-state index in [9.17, 15) is 9.50 Å². The maximum atomic E-state index is 13.6. The van der Waals surface area contributed by atoms with E-state index in [1.165, 1.54) is 6.07 Å². The highest BCUT2D eigenvalue weighted by atomic mass is 79.9. The molecule has 0 aliphatic carbocycles. The average molecular weight is 335 g/mol. The van der Waals surface area contributed by atoms with E-state index in [1.54, 1.807) is 18.2 Å². The molecule has 0 aliphatic rings. The van der Waals surface area contributed by atoms with E-state index in [2.05, 4.69) is 15.9 Å². The van der Waals surface area contributed by atoms with Crippen molar-refractivity contribution in [2.24, 2.45) is 0 Å². The molecule has 1 aromatic heterocycles. The molecule has 20 heavy (non-hydrogen) atoms. The van der Waals surface area contributed by atoms with Crippen LogP contribution in [0.3, 0.4) is 0 Å². The molecule has 1 N–H and O–H groups in total. The quantitative estimate of drug-likeness (QED) is 0.735. The number of furan rings is 1. The van der Waals surface area contributed by atoms with Crippen molar-refractivity contribution in [2.45, 2.75) is 13.0 Å². The van der Waals surface area contributed by atoms with Gasteiger partial charge in [-0.25, -0.2) is 4.39 Å². The van der Waals surface area contributed by atoms with Gasteiger partial charge in [0.2, 0.25) is 0 Å². The number of hydrogen-bond donors (Lipinski definition) is 1. The zero-order valence-electron chi connectivity index (χ0n) is 10.7. The fourth-order valence-corrected chi connectivity index (χ4v) is 2.90. The highest BCUT2D eigenvalue weighted by molar-refractivity contribution is 9.10. The highest BCUT2D eigenvalue weighted by Crippen LogP contribution is 2.33. The Bertz CT molecular complexity index is 779. The number of aliphatic hydroxyl groups excluding tert-OH is 1. The summed E-state index contributed by atoms with van der Waals surface area (Å²) in [4.78, 5) is 0. The number of halogens is 2. The summed E-state index contributed by atoms with van der Waals surface area (Å²) in [6.07, 6.45) is -0.934. The summed E-state index contributed by atoms with van der Waals surface area (Å²) in [5.74, 6) is -0.0985. The van der Waals surface area contributed by atoms with E-state index in [0.717, 1.165) is 10.0 Å². The zero-order valence-corrected chi connectivity index (χ0v) is 12.3. The highest BCUT2D eigenvalue weighted by Gasteiger charge is 2.19. The van der Waals surface area contributed by atoms with Gasteiger partial charge in [-0.05, 0) is 30.7 Å². The van der Waals surface area contributed by atoms with Gasteiger partial charge >= 0.3 is 0 Å². The van der Waals surface area contributed by atoms with Crippen LogP contribution < -0.4 is 0 Å². The van der Waals surface area contributed by atoms with Crippen LogP contribution in [-0.4, -0.2) is 5.11 Å². The maximum Gasteiger partial charge on any atom is 0.170 e. The predicted octanol–water partition coefficient (Wildman–Crippen LogP) is 4.72. The Morgan fingerprint density at radius 2 is 2.00 bits per heavy atom. The average Bonchev–Trinajstić information content (AvgIpc) is 2.83. The van der Waals surface area contributed by atoms with Crippen LogP contribution in [0.1, 0.15) is 23.0 Å². The fraction of sp³-hybridized carbons (Fsp3) is 0.125. The number of rotatable bonds is 2. The molecule has 0 bridgehead atoms. The largest absolute Gasteiger partial charge is 0.455 e. The number of fused-ring (bicyclic) bond motifs is 1. The minimum atomic E-state index is -0.934. The topological polar surface area (TPSA) is 33.4 Å². The van der Waals surface area contributed by atoms with Crippen molar-refractivity contribution in [1.29, 1.82) is 0 Å². The number of para-hydroxylation sites is 1. The number of aryl methyl sites for hydroxylation is 1. The summed E-state index contributed by atoms with van der Waals surface area (Å²) in [6, 6.07) is 12.0. The molecule has 0 radical (unpaired) electrons. The van der Waals surface area contributed by atoms with E-state index in [4.69, 9.17) is 4.42 Å². The predicted molar refractivity (Wildman–Crippen MR) is 79.1 cm³/mol. The van der Waals surface area contributed by atoms with Gasteiger partial charge in [0.15, 0.2) is 11.4 Å². The monoisotopic (exact) mass is 334 g/mol. The Morgan fingerprint density at radius 1 is 1.20 bits per heavy atom. The first-order chi connectivity index (χ1) is 9.56. The molecule has 0 amide bonds. The lowest BCUT2D eigenvalue weighted by Crippen LogP contribution is -1.99. The Hall–Kier alpha value is -1.65. The second-order valence-electron chi connectivity index (χ2n) is 4.73. The molecule has 0 aliphatic heterocycles. The first kappa shape index (κ1) is 13.3. The van der Waals surface area contributed by atoms with Gasteiger partial charge in [0, 0.05) is 15.4 Å². The van der Waals surface area contributed by atoms with Gasteiger partial charge in [-0.2, -0.15) is 0 Å². The van der Waals surface area contributed by atoms with Crippen molar-refractivity contribution in [2.75, 3.05) is 0 Å². The molecule has 3 rings (SSSR count). The van der Waals surface area contributed by atoms with Crippen molar-refractivity contribution in [3.05, 3.63) is 69.6 Å². The minimum absolute atomic E-state index is 0.171. The van der Waals surface area contributed by atoms with Gasteiger partial charge < -0.3 is 9.52 Å². The first-order valence-corrected chi connectivity index (χ1v) is 6.97. The summed E-state index contributed by atoms with van der Waals surface area (Å²) >= 11 is 3.43. The second kappa shape index (κ2) is 5.04. The number of hydrogen-bond acceptors (Lipinski definition) is 2. The number of aliphatic hydroxyl groups is 1. The van der Waals surface area contributed by atoms with Gasteiger partial charge in [0.05, 0.1) is 0 Å². The summed E-state index contributed by atoms with van der Waals surface area (Å²) in [5.41, 5.74) is 1.95. The second-order valence-corrected chi connectivity index (χ2v) is 5.59. The van der Waals surface area contributed by atoms with E-state index < -0.39 is 11.9 Å². The van der Waals surface area contributed by atoms with Crippen LogP contribution in [-0.2, 0) is 0 Å². The van der Waals surface area contributed by atoms with Crippen LogP contribution in [0, 0.1) is 12.7 Å². The van der Waals surface area contributed by atoms with Crippen LogP contribution in [0.5, 0.6) is 0 Å². The maximum absolute atomic E-state index is 13.6. The van der Waals surface area contributed by atoms with Crippen molar-refractivity contribution < 1.29 is 13.9 Å². The van der Waals surface area contributed by atoms with Gasteiger partial charge in [-0.3, -0.25) is 0 Å². The van der Waals surface area contributed by atoms with Crippen molar-refractivity contribution >= 4 is 26.9 Å². The van der Waals surface area contributed by atoms with E-state index >= 15 is 0 Å². The van der Waals surface area contributed by atoms with Crippen molar-refractivity contribution in [3.63, 3.8) is 0 Å². The third-order valence-electron chi connectivity index (χ3n) is 3.24. The fourth-order valence-electron chi connectivity index (χ4n) is 2.19. The van der Waals surface area contributed by atoms with E-state index in [1.807, 2.05) is 25.1 Å². The van der Waals surface area contributed by atoms with Crippen molar-refractivity contribution in [1.82, 2.24) is 0 Å². The third kappa shape index (κ3) is 2.25. The lowest BCUT2D eigenvalue weighted by atomic mass is 10.1. The standard InChI is InChI=1S/C16H12BrFO2/c1-9-5-6-11(12(17)7-9)15(19)14-8-10-3-2-4-13(18)16(10)20-14/h2-8,15,19H,1H3. The molecule has 3 aromatic rings. The molecule has 0 saturated carbocycles. The van der Waals surface area contributed by atoms with E-state index in [-0.39, 0.29) is 5.58 Å². The lowest BCUT2D eigenvalue weighted by molar-refractivity contribution is 0.191. The normalized spacial score (nSPS) is 12.8. The molecular formula is C16H12BrFO2. The minimum Gasteiger partial charge on any atom is -0.455 e. The molecule has 1 unspecified atom stereocenters. The Labute approximate surface area is 124 Å². The SMILES string of the molecule is Cc1ccc(C(O)c2cc3cccc(F)c3o2)c(Br)c1. The van der Waals surface area contributed by atoms with Gasteiger partial charge in [0.25, 0.3) is 0 Å². The molecular weight excluding hydrogens is 323 g/mol. The van der Waals surface area contributed by atoms with Gasteiger partial charge in [0.1, 0.15) is 11.9 Å². The summed E-state index contributed by atoms with van der Waals surface area (Å²) < 4.78 is 19.9. The molecule has 2 aromatic carbocycles. The third-order valence-corrected chi connectivity index (χ3v) is 3.92. The van der Waals surface area contributed by atoms with Crippen LogP contribution in [0.2, 0.25) is 0 Å². The molecule has 0 fully saturated rings. The summed E-state index contributed by atoms with van der Waals surface area (Å²) in [5, 5.41) is 11.1. The first-order valence-electron chi connectivity index (χ1n) is 6.18. The molecule has 1 heterocycles. The molecule has 1 atom stereocenters. The van der Waals surface area contributed by atoms with Crippen LogP contribution >= 0.6 is 15.9 Å². The smallest absolute Gasteiger partial charge is 0.170 e. The molecule has 4 heteroatoms. The molecule has 0 spiro atoms. The molecule has 0 saturated heterocycles. The van der Waals surface area contributed by atoms with Crippen molar-refractivity contribution in [3.8, 4) is 0 Å². The molecule has 102 valence electrons.